The van der Waals surface area contributed by atoms with E-state index in [0.29, 0.717) is 19.3 Å². The van der Waals surface area contributed by atoms with Gasteiger partial charge in [0.2, 0.25) is 0 Å². The first kappa shape index (κ1) is 53.8. The first-order valence-corrected chi connectivity index (χ1v) is 22.5. The van der Waals surface area contributed by atoms with Gasteiger partial charge >= 0.3 is 17.9 Å². The minimum atomic E-state index is -0.859. The van der Waals surface area contributed by atoms with Crippen molar-refractivity contribution in [2.24, 2.45) is 0 Å². The van der Waals surface area contributed by atoms with E-state index >= 15 is 0 Å². The smallest absolute Gasteiger partial charge is 0.306 e. The lowest BCUT2D eigenvalue weighted by atomic mass is 10.1. The number of allylic oxidation sites excluding steroid dienone is 20. The molecule has 0 saturated carbocycles. The van der Waals surface area contributed by atoms with Crippen molar-refractivity contribution in [2.45, 2.75) is 175 Å². The Morgan fingerprint density at radius 1 is 0.362 bits per heavy atom. The summed E-state index contributed by atoms with van der Waals surface area (Å²) in [5, 5.41) is 0. The Balaban J connectivity index is 4.65. The second-order valence-electron chi connectivity index (χ2n) is 14.2. The van der Waals surface area contributed by atoms with Gasteiger partial charge in [-0.05, 0) is 96.3 Å². The molecule has 0 spiro atoms. The van der Waals surface area contributed by atoms with Gasteiger partial charge < -0.3 is 14.2 Å². The van der Waals surface area contributed by atoms with E-state index < -0.39 is 12.1 Å². The molecule has 0 amide bonds. The van der Waals surface area contributed by atoms with E-state index in [0.717, 1.165) is 70.6 Å². The van der Waals surface area contributed by atoms with Gasteiger partial charge in [0.25, 0.3) is 0 Å². The predicted molar refractivity (Wildman–Crippen MR) is 246 cm³/mol. The number of carbonyl (C=O) groups excluding carboxylic acids is 3. The summed E-state index contributed by atoms with van der Waals surface area (Å²) in [6.45, 7) is 6.19. The highest BCUT2D eigenvalue weighted by Gasteiger charge is 2.19. The third-order valence-corrected chi connectivity index (χ3v) is 8.71. The van der Waals surface area contributed by atoms with Gasteiger partial charge in [-0.1, -0.05) is 174 Å². The van der Waals surface area contributed by atoms with Crippen LogP contribution in [-0.2, 0) is 28.6 Å². The molecule has 0 aliphatic rings. The Morgan fingerprint density at radius 2 is 0.707 bits per heavy atom. The first-order valence-electron chi connectivity index (χ1n) is 22.5. The molecule has 0 rings (SSSR count). The normalized spacial score (nSPS) is 13.2. The van der Waals surface area contributed by atoms with Crippen LogP contribution < -0.4 is 0 Å². The van der Waals surface area contributed by atoms with Gasteiger partial charge in [0.05, 0.1) is 0 Å². The summed E-state index contributed by atoms with van der Waals surface area (Å²) in [7, 11) is 0. The highest BCUT2D eigenvalue weighted by Crippen LogP contribution is 2.09. The average molecular weight is 801 g/mol. The number of esters is 3. The molecule has 1 unspecified atom stereocenters. The maximum Gasteiger partial charge on any atom is 0.306 e. The molecule has 58 heavy (non-hydrogen) atoms. The van der Waals surface area contributed by atoms with Crippen molar-refractivity contribution >= 4 is 17.9 Å². The molecule has 324 valence electrons. The zero-order valence-electron chi connectivity index (χ0n) is 36.8. The van der Waals surface area contributed by atoms with Crippen molar-refractivity contribution in [3.05, 3.63) is 122 Å². The van der Waals surface area contributed by atoms with Crippen molar-refractivity contribution in [1.82, 2.24) is 0 Å². The molecule has 0 fully saturated rings. The average Bonchev–Trinajstić information content (AvgIpc) is 3.22. The molecule has 0 N–H and O–H groups in total. The van der Waals surface area contributed by atoms with Gasteiger partial charge in [-0.15, -0.1) is 0 Å². The number of hydrogen-bond donors (Lipinski definition) is 0. The van der Waals surface area contributed by atoms with Crippen molar-refractivity contribution in [2.75, 3.05) is 13.2 Å². The fourth-order valence-electron chi connectivity index (χ4n) is 5.39. The van der Waals surface area contributed by atoms with Crippen LogP contribution in [-0.4, -0.2) is 37.2 Å². The number of unbranched alkanes of at least 4 members (excludes halogenated alkanes) is 7. The van der Waals surface area contributed by atoms with Gasteiger partial charge in [0, 0.05) is 19.3 Å². The SMILES string of the molecule is CC/C=C\C/C=C\C/C=C\C/C=C\C/C=C\CCC(=O)OCC(COC(=O)CCC/C=C\C/C=C\C/C=C\CC)OC(=O)CC/C=C\C/C=C\CCCCCCCC. The summed E-state index contributed by atoms with van der Waals surface area (Å²) < 4.78 is 16.5. The third kappa shape index (κ3) is 42.9. The summed E-state index contributed by atoms with van der Waals surface area (Å²) >= 11 is 0. The highest BCUT2D eigenvalue weighted by atomic mass is 16.6. The molecule has 0 bridgehead atoms. The van der Waals surface area contributed by atoms with Crippen LogP contribution in [0.1, 0.15) is 168 Å². The molecule has 0 saturated heterocycles. The molecular weight excluding hydrogens is 721 g/mol. The fraction of sp³-hybridized carbons (Fsp3) is 0.558. The van der Waals surface area contributed by atoms with E-state index in [9.17, 15) is 14.4 Å². The Bertz CT molecular complexity index is 1290. The summed E-state index contributed by atoms with van der Waals surface area (Å²) in [6.07, 6.45) is 62.2. The molecule has 0 heterocycles. The van der Waals surface area contributed by atoms with Crippen molar-refractivity contribution in [3.8, 4) is 0 Å². The quantitative estimate of drug-likeness (QED) is 0.0268. The number of ether oxygens (including phenoxy) is 3. The Morgan fingerprint density at radius 3 is 1.16 bits per heavy atom. The second kappa shape index (κ2) is 45.5. The Hall–Kier alpha value is -4.19. The maximum atomic E-state index is 12.7. The minimum Gasteiger partial charge on any atom is -0.462 e. The van der Waals surface area contributed by atoms with Crippen molar-refractivity contribution < 1.29 is 28.6 Å². The van der Waals surface area contributed by atoms with Crippen LogP contribution in [0, 0.1) is 0 Å². The van der Waals surface area contributed by atoms with Crippen LogP contribution in [0.15, 0.2) is 122 Å². The fourth-order valence-corrected chi connectivity index (χ4v) is 5.39. The minimum absolute atomic E-state index is 0.154. The zero-order chi connectivity index (χ0) is 42.3. The van der Waals surface area contributed by atoms with Crippen LogP contribution in [0.2, 0.25) is 0 Å². The van der Waals surface area contributed by atoms with Crippen molar-refractivity contribution in [3.63, 3.8) is 0 Å². The molecule has 1 atom stereocenters. The van der Waals surface area contributed by atoms with E-state index in [1.807, 2.05) is 18.2 Å². The van der Waals surface area contributed by atoms with Crippen LogP contribution in [0.25, 0.3) is 0 Å². The Kier molecular flexibility index (Phi) is 42.2. The molecular formula is C52H80O6. The van der Waals surface area contributed by atoms with Crippen molar-refractivity contribution in [1.29, 1.82) is 0 Å². The molecule has 0 radical (unpaired) electrons. The van der Waals surface area contributed by atoms with E-state index in [4.69, 9.17) is 14.2 Å². The summed E-state index contributed by atoms with van der Waals surface area (Å²) in [4.78, 5) is 37.6. The van der Waals surface area contributed by atoms with Gasteiger partial charge in [-0.3, -0.25) is 14.4 Å². The van der Waals surface area contributed by atoms with Crippen LogP contribution in [0.4, 0.5) is 0 Å². The van der Waals surface area contributed by atoms with Gasteiger partial charge in [0.15, 0.2) is 6.10 Å². The summed E-state index contributed by atoms with van der Waals surface area (Å²) in [5.41, 5.74) is 0. The Labute approximate surface area is 354 Å². The monoisotopic (exact) mass is 801 g/mol. The molecule has 6 nitrogen and oxygen atoms in total. The van der Waals surface area contributed by atoms with Gasteiger partial charge in [-0.2, -0.15) is 0 Å². The first-order chi connectivity index (χ1) is 28.5. The van der Waals surface area contributed by atoms with Gasteiger partial charge in [-0.25, -0.2) is 0 Å². The standard InChI is InChI=1S/C52H80O6/c1-4-7-10-13-16-19-22-24-25-26-28-30-33-36-39-42-45-51(54)57-48-49(47-56-50(53)44-41-38-35-32-29-21-18-15-12-9-6-3)58-52(55)46-43-40-37-34-31-27-23-20-17-14-11-8-5-2/h7,9-10,12,16,18-19,21,24-25,27-28,30-32,35-37,39-40,49H,4-6,8,11,13-15,17,20,22-23,26,29,33-34,38,41-48H2,1-3H3/b10-7-,12-9-,19-16-,21-18-,25-24-,30-28-,31-27-,35-32-,39-36-,40-37-. The summed E-state index contributed by atoms with van der Waals surface area (Å²) in [5.74, 6) is -1.17. The summed E-state index contributed by atoms with van der Waals surface area (Å²) in [6, 6.07) is 0. The van der Waals surface area contributed by atoms with E-state index in [-0.39, 0.29) is 44.4 Å². The predicted octanol–water partition coefficient (Wildman–Crippen LogP) is 14.6. The van der Waals surface area contributed by atoms with E-state index in [2.05, 4.69) is 124 Å². The molecule has 0 aromatic heterocycles. The van der Waals surface area contributed by atoms with E-state index in [1.165, 1.54) is 38.5 Å². The van der Waals surface area contributed by atoms with Crippen LogP contribution >= 0.6 is 0 Å². The van der Waals surface area contributed by atoms with Crippen LogP contribution in [0.3, 0.4) is 0 Å². The zero-order valence-corrected chi connectivity index (χ0v) is 36.8. The van der Waals surface area contributed by atoms with Gasteiger partial charge in [0.1, 0.15) is 13.2 Å². The highest BCUT2D eigenvalue weighted by molar-refractivity contribution is 5.71. The largest absolute Gasteiger partial charge is 0.462 e. The molecule has 0 aliphatic carbocycles. The molecule has 0 aromatic rings. The van der Waals surface area contributed by atoms with E-state index in [1.54, 1.807) is 0 Å². The lowest BCUT2D eigenvalue weighted by Gasteiger charge is -2.18. The third-order valence-electron chi connectivity index (χ3n) is 8.71. The number of rotatable bonds is 38. The number of carbonyl (C=O) groups is 3. The topological polar surface area (TPSA) is 78.9 Å². The maximum absolute atomic E-state index is 12.7. The lowest BCUT2D eigenvalue weighted by Crippen LogP contribution is -2.30. The van der Waals surface area contributed by atoms with Crippen LogP contribution in [0.5, 0.6) is 0 Å². The molecule has 6 heteroatoms. The molecule has 0 aromatic carbocycles. The molecule has 0 aliphatic heterocycles. The lowest BCUT2D eigenvalue weighted by molar-refractivity contribution is -0.166. The number of hydrogen-bond acceptors (Lipinski definition) is 6. The second-order valence-corrected chi connectivity index (χ2v) is 14.2.